The Morgan fingerprint density at radius 3 is 2.70 bits per heavy atom. The summed E-state index contributed by atoms with van der Waals surface area (Å²) in [6, 6.07) is 7.70. The van der Waals surface area contributed by atoms with Crippen LogP contribution in [0.2, 0.25) is 0 Å². The lowest BCUT2D eigenvalue weighted by molar-refractivity contribution is 0.272. The molecule has 0 aliphatic rings. The molecule has 5 heteroatoms. The van der Waals surface area contributed by atoms with Gasteiger partial charge in [-0.25, -0.2) is 0 Å². The van der Waals surface area contributed by atoms with Crippen LogP contribution in [0, 0.1) is 0 Å². The molecule has 2 rings (SSSR count). The van der Waals surface area contributed by atoms with Gasteiger partial charge in [0.1, 0.15) is 5.75 Å². The zero-order chi connectivity index (χ0) is 14.6. The van der Waals surface area contributed by atoms with E-state index in [1.165, 1.54) is 0 Å². The molecule has 0 bridgehead atoms. The Hall–Kier alpha value is -1.88. The van der Waals surface area contributed by atoms with Gasteiger partial charge in [0.25, 0.3) is 0 Å². The quantitative estimate of drug-likeness (QED) is 0.878. The molecule has 2 aromatic rings. The topological polar surface area (TPSA) is 60.2 Å². The second kappa shape index (κ2) is 6.05. The van der Waals surface area contributed by atoms with Gasteiger partial charge < -0.3 is 14.6 Å². The van der Waals surface area contributed by atoms with E-state index in [4.69, 9.17) is 9.26 Å². The first-order valence-corrected chi connectivity index (χ1v) is 6.90. The van der Waals surface area contributed by atoms with Crippen LogP contribution in [0.4, 0.5) is 0 Å². The van der Waals surface area contributed by atoms with Gasteiger partial charge in [0.2, 0.25) is 11.7 Å². The summed E-state index contributed by atoms with van der Waals surface area (Å²) in [5.74, 6) is 1.89. The predicted molar refractivity (Wildman–Crippen MR) is 77.6 cm³/mol. The summed E-state index contributed by atoms with van der Waals surface area (Å²) in [5.41, 5.74) is 0.497. The van der Waals surface area contributed by atoms with Crippen LogP contribution < -0.4 is 10.1 Å². The molecule has 1 N–H and O–H groups in total. The van der Waals surface area contributed by atoms with Crippen molar-refractivity contribution in [2.24, 2.45) is 0 Å². The summed E-state index contributed by atoms with van der Waals surface area (Å²) in [6.07, 6.45) is 0. The van der Waals surface area contributed by atoms with E-state index < -0.39 is 0 Å². The molecule has 1 heterocycles. The molecule has 5 nitrogen and oxygen atoms in total. The minimum Gasteiger partial charge on any atom is -0.493 e. The van der Waals surface area contributed by atoms with Crippen LogP contribution in [0.5, 0.6) is 5.75 Å². The third-order valence-corrected chi connectivity index (χ3v) is 3.01. The van der Waals surface area contributed by atoms with Gasteiger partial charge in [-0.3, -0.25) is 0 Å². The van der Waals surface area contributed by atoms with Gasteiger partial charge in [-0.1, -0.05) is 24.2 Å². The molecule has 0 aliphatic heterocycles. The predicted octanol–water partition coefficient (Wildman–Crippen LogP) is 2.98. The molecule has 1 aromatic carbocycles. The fourth-order valence-electron chi connectivity index (χ4n) is 2.04. The van der Waals surface area contributed by atoms with E-state index in [1.807, 2.05) is 52.0 Å². The average molecular weight is 275 g/mol. The van der Waals surface area contributed by atoms with E-state index >= 15 is 0 Å². The van der Waals surface area contributed by atoms with Gasteiger partial charge in [0, 0.05) is 0 Å². The number of nitrogens with one attached hydrogen (secondary N) is 1. The summed E-state index contributed by atoms with van der Waals surface area (Å²) in [4.78, 5) is 4.49. The van der Waals surface area contributed by atoms with Gasteiger partial charge in [0.15, 0.2) is 0 Å². The van der Waals surface area contributed by atoms with Gasteiger partial charge in [-0.2, -0.15) is 4.98 Å². The molecule has 0 atom stereocenters. The number of nitrogens with zero attached hydrogens (tertiary/aromatic N) is 2. The van der Waals surface area contributed by atoms with Crippen LogP contribution in [0.25, 0.3) is 11.4 Å². The van der Waals surface area contributed by atoms with Crippen molar-refractivity contribution in [2.75, 3.05) is 13.2 Å². The van der Waals surface area contributed by atoms with E-state index in [9.17, 15) is 0 Å². The molecule has 0 fully saturated rings. The average Bonchev–Trinajstić information content (AvgIpc) is 2.90. The molecular formula is C15H21N3O2. The highest BCUT2D eigenvalue weighted by Gasteiger charge is 2.27. The lowest BCUT2D eigenvalue weighted by Gasteiger charge is -2.20. The van der Waals surface area contributed by atoms with Crippen LogP contribution >= 0.6 is 0 Å². The van der Waals surface area contributed by atoms with E-state index in [0.29, 0.717) is 18.3 Å². The van der Waals surface area contributed by atoms with Crippen molar-refractivity contribution in [3.8, 4) is 17.1 Å². The van der Waals surface area contributed by atoms with Crippen molar-refractivity contribution >= 4 is 0 Å². The van der Waals surface area contributed by atoms with Gasteiger partial charge >= 0.3 is 0 Å². The number of aromatic nitrogens is 2. The Morgan fingerprint density at radius 2 is 2.00 bits per heavy atom. The number of rotatable bonds is 6. The first-order valence-electron chi connectivity index (χ1n) is 6.90. The van der Waals surface area contributed by atoms with Gasteiger partial charge in [0.05, 0.1) is 17.7 Å². The maximum Gasteiger partial charge on any atom is 0.246 e. The molecule has 0 aliphatic carbocycles. The summed E-state index contributed by atoms with van der Waals surface area (Å²) in [7, 11) is 0. The van der Waals surface area contributed by atoms with E-state index in [1.54, 1.807) is 0 Å². The van der Waals surface area contributed by atoms with Crippen LogP contribution in [0.1, 0.15) is 33.6 Å². The molecule has 0 unspecified atom stereocenters. The first kappa shape index (κ1) is 14.5. The summed E-state index contributed by atoms with van der Waals surface area (Å²) in [6.45, 7) is 9.46. The molecule has 1 aromatic heterocycles. The van der Waals surface area contributed by atoms with Crippen LogP contribution in [-0.4, -0.2) is 23.3 Å². The summed E-state index contributed by atoms with van der Waals surface area (Å²) < 4.78 is 11.0. The Balaban J connectivity index is 2.34. The van der Waals surface area contributed by atoms with Gasteiger partial charge in [-0.15, -0.1) is 0 Å². The van der Waals surface area contributed by atoms with Crippen molar-refractivity contribution in [3.05, 3.63) is 30.2 Å². The zero-order valence-corrected chi connectivity index (χ0v) is 12.4. The highest BCUT2D eigenvalue weighted by Crippen LogP contribution is 2.29. The number of hydrogen-bond acceptors (Lipinski definition) is 5. The minimum absolute atomic E-state index is 0.347. The third-order valence-electron chi connectivity index (χ3n) is 3.01. The van der Waals surface area contributed by atoms with Crippen molar-refractivity contribution in [2.45, 2.75) is 33.2 Å². The summed E-state index contributed by atoms with van der Waals surface area (Å²) in [5, 5.41) is 7.39. The number of ether oxygens (including phenoxy) is 1. The smallest absolute Gasteiger partial charge is 0.246 e. The highest BCUT2D eigenvalue weighted by molar-refractivity contribution is 5.63. The SMILES string of the molecule is CCNC(C)(C)c1nc(-c2ccccc2OCC)no1. The fraction of sp³-hybridized carbons (Fsp3) is 0.467. The fourth-order valence-corrected chi connectivity index (χ4v) is 2.04. The standard InChI is InChI=1S/C15H21N3O2/c1-5-16-15(3,4)14-17-13(18-20-14)11-9-7-8-10-12(11)19-6-2/h7-10,16H,5-6H2,1-4H3. The molecule has 108 valence electrons. The molecule has 20 heavy (non-hydrogen) atoms. The lowest BCUT2D eigenvalue weighted by atomic mass is 10.1. The highest BCUT2D eigenvalue weighted by atomic mass is 16.5. The lowest BCUT2D eigenvalue weighted by Crippen LogP contribution is -2.36. The Morgan fingerprint density at radius 1 is 1.25 bits per heavy atom. The monoisotopic (exact) mass is 275 g/mol. The Kier molecular flexibility index (Phi) is 4.39. The molecule has 0 radical (unpaired) electrons. The number of hydrogen-bond donors (Lipinski definition) is 1. The second-order valence-corrected chi connectivity index (χ2v) is 5.01. The number of para-hydroxylation sites is 1. The normalized spacial score (nSPS) is 11.6. The van der Waals surface area contributed by atoms with Crippen LogP contribution in [0.15, 0.2) is 28.8 Å². The van der Waals surface area contributed by atoms with Crippen molar-refractivity contribution in [1.29, 1.82) is 0 Å². The number of benzene rings is 1. The Bertz CT molecular complexity index is 564. The Labute approximate surface area is 119 Å². The maximum absolute atomic E-state index is 5.60. The van der Waals surface area contributed by atoms with Crippen molar-refractivity contribution in [1.82, 2.24) is 15.5 Å². The van der Waals surface area contributed by atoms with E-state index in [0.717, 1.165) is 17.9 Å². The zero-order valence-electron chi connectivity index (χ0n) is 12.4. The van der Waals surface area contributed by atoms with E-state index in [-0.39, 0.29) is 5.54 Å². The second-order valence-electron chi connectivity index (χ2n) is 5.01. The van der Waals surface area contributed by atoms with Crippen molar-refractivity contribution in [3.63, 3.8) is 0 Å². The molecule has 0 saturated heterocycles. The van der Waals surface area contributed by atoms with Crippen LogP contribution in [0.3, 0.4) is 0 Å². The minimum atomic E-state index is -0.347. The van der Waals surface area contributed by atoms with Crippen molar-refractivity contribution < 1.29 is 9.26 Å². The molecule has 0 saturated carbocycles. The maximum atomic E-state index is 5.60. The van der Waals surface area contributed by atoms with Crippen LogP contribution in [-0.2, 0) is 5.54 Å². The molecule has 0 amide bonds. The largest absolute Gasteiger partial charge is 0.493 e. The first-order chi connectivity index (χ1) is 9.58. The molecular weight excluding hydrogens is 254 g/mol. The molecule has 0 spiro atoms. The van der Waals surface area contributed by atoms with Gasteiger partial charge in [-0.05, 0) is 39.4 Å². The summed E-state index contributed by atoms with van der Waals surface area (Å²) >= 11 is 0. The third kappa shape index (κ3) is 2.99. The van der Waals surface area contributed by atoms with E-state index in [2.05, 4.69) is 15.5 Å².